The Morgan fingerprint density at radius 3 is 2.51 bits per heavy atom. The Morgan fingerprint density at radius 1 is 1.16 bits per heavy atom. The van der Waals surface area contributed by atoms with Crippen molar-refractivity contribution >= 4 is 27.1 Å². The van der Waals surface area contributed by atoms with Crippen LogP contribution in [0, 0.1) is 5.41 Å². The van der Waals surface area contributed by atoms with Crippen LogP contribution in [0.5, 0.6) is 11.5 Å². The van der Waals surface area contributed by atoms with Gasteiger partial charge in [0.2, 0.25) is 10.0 Å². The molecule has 4 N–H and O–H groups in total. The second kappa shape index (κ2) is 11.3. The molecule has 0 atom stereocenters. The first-order chi connectivity index (χ1) is 17.5. The van der Waals surface area contributed by atoms with E-state index in [0.717, 1.165) is 49.5 Å². The Balaban J connectivity index is 1.35. The number of nitrogens with zero attached hydrogens (tertiary/aromatic N) is 2. The van der Waals surface area contributed by atoms with Crippen LogP contribution >= 0.6 is 0 Å². The average Bonchev–Trinajstić information content (AvgIpc) is 3.25. The number of aliphatic hydroxyl groups is 1. The monoisotopic (exact) mass is 532 g/mol. The number of anilines is 1. The van der Waals surface area contributed by atoms with Gasteiger partial charge < -0.3 is 24.3 Å². The Kier molecular flexibility index (Phi) is 8.27. The number of sulfonamides is 1. The maximum Gasteiger partial charge on any atom is 0.295 e. The van der Waals surface area contributed by atoms with E-state index in [2.05, 4.69) is 15.2 Å². The van der Waals surface area contributed by atoms with Gasteiger partial charge in [0.1, 0.15) is 17.0 Å². The number of nitrogens with one attached hydrogen (secondary N) is 1. The molecule has 2 aromatic carbocycles. The Labute approximate surface area is 217 Å². The van der Waals surface area contributed by atoms with Crippen molar-refractivity contribution in [2.75, 3.05) is 38.2 Å². The summed E-state index contributed by atoms with van der Waals surface area (Å²) in [5, 5.41) is 18.1. The summed E-state index contributed by atoms with van der Waals surface area (Å²) in [7, 11) is -3.80. The molecule has 0 amide bonds. The fraction of sp³-hybridized carbons (Fsp3) is 0.500. The van der Waals surface area contributed by atoms with E-state index in [9.17, 15) is 13.5 Å². The maximum absolute atomic E-state index is 11.6. The molecule has 1 fully saturated rings. The molecule has 0 unspecified atom stereocenters. The van der Waals surface area contributed by atoms with E-state index in [1.165, 1.54) is 12.1 Å². The number of ether oxygens (including phenoxy) is 2. The van der Waals surface area contributed by atoms with E-state index in [4.69, 9.17) is 19.0 Å². The highest BCUT2D eigenvalue weighted by Gasteiger charge is 2.22. The topological polar surface area (TPSA) is 140 Å². The molecule has 3 aromatic rings. The summed E-state index contributed by atoms with van der Waals surface area (Å²) in [5.41, 5.74) is 1.73. The quantitative estimate of drug-likeness (QED) is 0.339. The molecule has 0 spiro atoms. The van der Waals surface area contributed by atoms with Gasteiger partial charge in [-0.05, 0) is 55.7 Å². The third-order valence-electron chi connectivity index (χ3n) is 6.32. The summed E-state index contributed by atoms with van der Waals surface area (Å²) in [6.07, 6.45) is 1.81. The number of aliphatic hydroxyl groups excluding tert-OH is 1. The third kappa shape index (κ3) is 7.35. The van der Waals surface area contributed by atoms with E-state index < -0.39 is 10.0 Å². The van der Waals surface area contributed by atoms with Crippen molar-refractivity contribution in [2.24, 2.45) is 10.6 Å². The van der Waals surface area contributed by atoms with E-state index >= 15 is 0 Å². The largest absolute Gasteiger partial charge is 0.494 e. The molecule has 1 aromatic heterocycles. The SMILES string of the molecule is CCOc1cc(CN2CCC(Nc3nc4cc(S(N)(=O)=O)ccc4o3)CC2)cc(OCC(C)(C)CO)c1. The normalized spacial score (nSPS) is 15.7. The lowest BCUT2D eigenvalue weighted by Gasteiger charge is -2.32. The molecule has 0 aliphatic carbocycles. The predicted molar refractivity (Wildman–Crippen MR) is 141 cm³/mol. The minimum absolute atomic E-state index is 0.00670. The summed E-state index contributed by atoms with van der Waals surface area (Å²) < 4.78 is 40.7. The van der Waals surface area contributed by atoms with Gasteiger partial charge in [0.15, 0.2) is 5.58 Å². The minimum atomic E-state index is -3.80. The lowest BCUT2D eigenvalue weighted by molar-refractivity contribution is 0.0973. The molecule has 10 nitrogen and oxygen atoms in total. The van der Waals surface area contributed by atoms with Gasteiger partial charge in [-0.1, -0.05) is 13.8 Å². The second-order valence-corrected chi connectivity index (χ2v) is 11.8. The van der Waals surface area contributed by atoms with Crippen LogP contribution in [0.3, 0.4) is 0 Å². The van der Waals surface area contributed by atoms with Gasteiger partial charge in [-0.25, -0.2) is 13.6 Å². The predicted octanol–water partition coefficient (Wildman–Crippen LogP) is 3.35. The van der Waals surface area contributed by atoms with Crippen LogP contribution in [0.25, 0.3) is 11.1 Å². The molecule has 1 aliphatic heterocycles. The highest BCUT2D eigenvalue weighted by molar-refractivity contribution is 7.89. The second-order valence-electron chi connectivity index (χ2n) is 10.2. The molecule has 2 heterocycles. The van der Waals surface area contributed by atoms with Crippen LogP contribution in [0.4, 0.5) is 6.01 Å². The number of benzene rings is 2. The number of oxazole rings is 1. The highest BCUT2D eigenvalue weighted by Crippen LogP contribution is 2.28. The molecular weight excluding hydrogens is 496 g/mol. The van der Waals surface area contributed by atoms with Gasteiger partial charge in [0.25, 0.3) is 6.01 Å². The molecule has 1 saturated heterocycles. The van der Waals surface area contributed by atoms with Crippen LogP contribution in [-0.2, 0) is 16.6 Å². The van der Waals surface area contributed by atoms with Gasteiger partial charge >= 0.3 is 0 Å². The molecule has 0 bridgehead atoms. The number of fused-ring (bicyclic) bond motifs is 1. The van der Waals surface area contributed by atoms with E-state index in [1.54, 1.807) is 6.07 Å². The summed E-state index contributed by atoms with van der Waals surface area (Å²) in [4.78, 5) is 6.78. The Hall–Kier alpha value is -2.86. The van der Waals surface area contributed by atoms with E-state index in [1.807, 2.05) is 39.0 Å². The first kappa shape index (κ1) is 27.2. The van der Waals surface area contributed by atoms with Crippen molar-refractivity contribution < 1.29 is 27.4 Å². The van der Waals surface area contributed by atoms with Gasteiger partial charge in [-0.15, -0.1) is 0 Å². The average molecular weight is 533 g/mol. The van der Waals surface area contributed by atoms with Crippen molar-refractivity contribution in [3.63, 3.8) is 0 Å². The number of nitrogens with two attached hydrogens (primary N) is 1. The number of piperidine rings is 1. The summed E-state index contributed by atoms with van der Waals surface area (Å²) in [5.74, 6) is 1.51. The lowest BCUT2D eigenvalue weighted by Crippen LogP contribution is -2.38. The molecule has 4 rings (SSSR count). The van der Waals surface area contributed by atoms with Crippen LogP contribution in [-0.4, -0.2) is 62.4 Å². The maximum atomic E-state index is 11.6. The van der Waals surface area contributed by atoms with Gasteiger partial charge in [-0.3, -0.25) is 4.90 Å². The summed E-state index contributed by atoms with van der Waals surface area (Å²) in [6.45, 7) is 9.45. The zero-order valence-corrected chi connectivity index (χ0v) is 22.4. The molecule has 37 heavy (non-hydrogen) atoms. The number of primary sulfonamides is 1. The summed E-state index contributed by atoms with van der Waals surface area (Å²) in [6, 6.07) is 10.9. The number of likely N-dealkylation sites (tertiary alicyclic amines) is 1. The zero-order chi connectivity index (χ0) is 26.6. The molecule has 1 aliphatic rings. The van der Waals surface area contributed by atoms with Crippen molar-refractivity contribution in [2.45, 2.75) is 51.1 Å². The molecule has 0 saturated carbocycles. The molecule has 202 valence electrons. The Morgan fingerprint density at radius 2 is 1.86 bits per heavy atom. The number of hydrogen-bond donors (Lipinski definition) is 3. The van der Waals surface area contributed by atoms with Gasteiger partial charge in [0.05, 0.1) is 24.7 Å². The fourth-order valence-electron chi connectivity index (χ4n) is 4.19. The van der Waals surface area contributed by atoms with Crippen LogP contribution in [0.15, 0.2) is 45.7 Å². The smallest absolute Gasteiger partial charge is 0.295 e. The van der Waals surface area contributed by atoms with Crippen molar-refractivity contribution in [3.05, 3.63) is 42.0 Å². The number of hydrogen-bond acceptors (Lipinski definition) is 9. The van der Waals surface area contributed by atoms with Crippen molar-refractivity contribution in [1.29, 1.82) is 0 Å². The molecule has 0 radical (unpaired) electrons. The minimum Gasteiger partial charge on any atom is -0.494 e. The highest BCUT2D eigenvalue weighted by atomic mass is 32.2. The molecule has 11 heteroatoms. The van der Waals surface area contributed by atoms with Crippen LogP contribution in [0.1, 0.15) is 39.2 Å². The standard InChI is InChI=1S/C26H36N4O6S/c1-4-34-20-11-18(12-21(13-20)35-17-26(2,3)16-31)15-30-9-7-19(8-10-30)28-25-29-23-14-22(37(27,32)33)5-6-24(23)36-25/h5-6,11-14,19,31H,4,7-10,15-17H2,1-3H3,(H,28,29)(H2,27,32,33). The number of rotatable bonds is 11. The van der Waals surface area contributed by atoms with Gasteiger partial charge in [0, 0.05) is 37.2 Å². The third-order valence-corrected chi connectivity index (χ3v) is 7.23. The zero-order valence-electron chi connectivity index (χ0n) is 21.6. The van der Waals surface area contributed by atoms with E-state index in [0.29, 0.717) is 30.3 Å². The first-order valence-electron chi connectivity index (χ1n) is 12.5. The first-order valence-corrected chi connectivity index (χ1v) is 14.0. The Bertz CT molecular complexity index is 1320. The van der Waals surface area contributed by atoms with Gasteiger partial charge in [-0.2, -0.15) is 4.98 Å². The number of aromatic nitrogens is 1. The fourth-order valence-corrected chi connectivity index (χ4v) is 4.73. The van der Waals surface area contributed by atoms with Crippen LogP contribution in [0.2, 0.25) is 0 Å². The molecular formula is C26H36N4O6S. The van der Waals surface area contributed by atoms with Crippen molar-refractivity contribution in [3.8, 4) is 11.5 Å². The summed E-state index contributed by atoms with van der Waals surface area (Å²) >= 11 is 0. The lowest BCUT2D eigenvalue weighted by atomic mass is 9.96. The van der Waals surface area contributed by atoms with Crippen LogP contribution < -0.4 is 19.9 Å². The van der Waals surface area contributed by atoms with E-state index in [-0.39, 0.29) is 23.0 Å². The van der Waals surface area contributed by atoms with Crippen molar-refractivity contribution in [1.82, 2.24) is 9.88 Å².